The number of halogens is 3. The third kappa shape index (κ3) is 8.37. The van der Waals surface area contributed by atoms with E-state index in [2.05, 4.69) is 41.2 Å². The molecule has 0 fully saturated rings. The van der Waals surface area contributed by atoms with Gasteiger partial charge in [0.2, 0.25) is 0 Å². The summed E-state index contributed by atoms with van der Waals surface area (Å²) in [5.41, 5.74) is 4.20. The smallest absolute Gasteiger partial charge is 0.251 e. The fraction of sp³-hybridized carbons (Fsp3) is 0.344. The van der Waals surface area contributed by atoms with Gasteiger partial charge in [0.15, 0.2) is 0 Å². The van der Waals surface area contributed by atoms with E-state index in [1.165, 1.54) is 17.7 Å². The van der Waals surface area contributed by atoms with E-state index in [0.29, 0.717) is 17.7 Å². The van der Waals surface area contributed by atoms with Crippen LogP contribution < -0.4 is 10.6 Å². The zero-order valence-electron chi connectivity index (χ0n) is 23.0. The maximum Gasteiger partial charge on any atom is 0.251 e. The van der Waals surface area contributed by atoms with Crippen molar-refractivity contribution in [2.75, 3.05) is 6.54 Å². The first kappa shape index (κ1) is 31.3. The SMILES string of the molecule is CCCCn1ccc2cc(C(=O)N[C@@H](Cc3cc(F)cc(F)c3)[C@H](O)CNCc3cccc(CC)c3)ccc21.Cl. The Hall–Kier alpha value is -3.26. The van der Waals surface area contributed by atoms with Gasteiger partial charge in [0, 0.05) is 48.4 Å². The average molecular weight is 570 g/mol. The number of hydrogen-bond acceptors (Lipinski definition) is 3. The second-order valence-electron chi connectivity index (χ2n) is 10.1. The molecule has 1 aromatic heterocycles. The van der Waals surface area contributed by atoms with Crippen LogP contribution in [-0.4, -0.2) is 34.3 Å². The second-order valence-corrected chi connectivity index (χ2v) is 10.1. The highest BCUT2D eigenvalue weighted by Gasteiger charge is 2.23. The molecule has 0 radical (unpaired) electrons. The highest BCUT2D eigenvalue weighted by molar-refractivity contribution is 5.98. The zero-order chi connectivity index (χ0) is 27.8. The monoisotopic (exact) mass is 569 g/mol. The minimum Gasteiger partial charge on any atom is -0.390 e. The molecule has 40 heavy (non-hydrogen) atoms. The van der Waals surface area contributed by atoms with Crippen molar-refractivity contribution in [1.29, 1.82) is 0 Å². The summed E-state index contributed by atoms with van der Waals surface area (Å²) in [6, 6.07) is 18.2. The van der Waals surface area contributed by atoms with Gasteiger partial charge in [-0.15, -0.1) is 12.4 Å². The van der Waals surface area contributed by atoms with Crippen molar-refractivity contribution in [3.63, 3.8) is 0 Å². The fourth-order valence-corrected chi connectivity index (χ4v) is 4.85. The van der Waals surface area contributed by atoms with Crippen molar-refractivity contribution >= 4 is 29.2 Å². The predicted molar refractivity (Wildman–Crippen MR) is 159 cm³/mol. The molecular weight excluding hydrogens is 532 g/mol. The molecule has 0 spiro atoms. The van der Waals surface area contributed by atoms with Crippen LogP contribution >= 0.6 is 12.4 Å². The number of fused-ring (bicyclic) bond motifs is 1. The van der Waals surface area contributed by atoms with Crippen LogP contribution in [0, 0.1) is 11.6 Å². The number of nitrogens with zero attached hydrogens (tertiary/aromatic N) is 1. The van der Waals surface area contributed by atoms with Crippen LogP contribution in [0.5, 0.6) is 0 Å². The van der Waals surface area contributed by atoms with Crippen molar-refractivity contribution in [1.82, 2.24) is 15.2 Å². The van der Waals surface area contributed by atoms with Crippen molar-refractivity contribution in [3.05, 3.63) is 107 Å². The molecule has 0 unspecified atom stereocenters. The molecule has 0 aliphatic heterocycles. The molecule has 0 saturated carbocycles. The van der Waals surface area contributed by atoms with Gasteiger partial charge in [-0.1, -0.05) is 44.5 Å². The van der Waals surface area contributed by atoms with Gasteiger partial charge in [-0.25, -0.2) is 8.78 Å². The molecule has 0 aliphatic rings. The minimum atomic E-state index is -0.992. The van der Waals surface area contributed by atoms with E-state index in [1.54, 1.807) is 6.07 Å². The van der Waals surface area contributed by atoms with Crippen molar-refractivity contribution in [2.45, 2.75) is 64.8 Å². The Morgan fingerprint density at radius 2 is 1.70 bits per heavy atom. The zero-order valence-corrected chi connectivity index (χ0v) is 23.8. The number of aliphatic hydroxyl groups excluding tert-OH is 1. The maximum atomic E-state index is 13.9. The van der Waals surface area contributed by atoms with E-state index in [9.17, 15) is 18.7 Å². The summed E-state index contributed by atoms with van der Waals surface area (Å²) in [5.74, 6) is -1.75. The number of unbranched alkanes of at least 4 members (excludes halogenated alkanes) is 1. The molecule has 4 aromatic rings. The van der Waals surface area contributed by atoms with E-state index in [-0.39, 0.29) is 31.3 Å². The molecule has 0 saturated heterocycles. The summed E-state index contributed by atoms with van der Waals surface area (Å²) in [6.07, 6.45) is 4.21. The Morgan fingerprint density at radius 1 is 0.950 bits per heavy atom. The quantitative estimate of drug-likeness (QED) is 0.180. The largest absolute Gasteiger partial charge is 0.390 e. The molecule has 214 valence electrons. The predicted octanol–water partition coefficient (Wildman–Crippen LogP) is 6.20. The normalized spacial score (nSPS) is 12.6. The van der Waals surface area contributed by atoms with Gasteiger partial charge in [0.25, 0.3) is 5.91 Å². The molecule has 4 rings (SSSR count). The number of nitrogens with one attached hydrogen (secondary N) is 2. The first-order valence-corrected chi connectivity index (χ1v) is 13.7. The maximum absolute atomic E-state index is 13.9. The van der Waals surface area contributed by atoms with Crippen molar-refractivity contribution in [2.24, 2.45) is 0 Å². The third-order valence-electron chi connectivity index (χ3n) is 7.03. The Bertz CT molecular complexity index is 1390. The molecule has 2 atom stereocenters. The second kappa shape index (κ2) is 14.9. The number of benzene rings is 3. The highest BCUT2D eigenvalue weighted by atomic mass is 35.5. The Balaban J connectivity index is 0.00000441. The van der Waals surface area contributed by atoms with Crippen molar-refractivity contribution < 1.29 is 18.7 Å². The summed E-state index contributed by atoms with van der Waals surface area (Å²) >= 11 is 0. The molecule has 0 bridgehead atoms. The number of aryl methyl sites for hydroxylation is 2. The Morgan fingerprint density at radius 3 is 2.42 bits per heavy atom. The molecule has 1 amide bonds. The number of aromatic nitrogens is 1. The van der Waals surface area contributed by atoms with Gasteiger partial charge in [-0.05, 0) is 72.4 Å². The van der Waals surface area contributed by atoms with E-state index >= 15 is 0 Å². The van der Waals surface area contributed by atoms with Gasteiger partial charge >= 0.3 is 0 Å². The van der Waals surface area contributed by atoms with Gasteiger partial charge < -0.3 is 20.3 Å². The van der Waals surface area contributed by atoms with Crippen LogP contribution in [0.25, 0.3) is 10.9 Å². The Kier molecular flexibility index (Phi) is 11.7. The number of amides is 1. The molecule has 0 aliphatic carbocycles. The number of aliphatic hydroxyl groups is 1. The van der Waals surface area contributed by atoms with Crippen LogP contribution in [0.1, 0.15) is 53.7 Å². The van der Waals surface area contributed by atoms with Crippen molar-refractivity contribution in [3.8, 4) is 0 Å². The van der Waals surface area contributed by atoms with E-state index in [4.69, 9.17) is 0 Å². The van der Waals surface area contributed by atoms with Crippen LogP contribution in [0.2, 0.25) is 0 Å². The van der Waals surface area contributed by atoms with Crippen LogP contribution in [-0.2, 0) is 25.9 Å². The summed E-state index contributed by atoms with van der Waals surface area (Å²) < 4.78 is 29.9. The molecule has 5 nitrogen and oxygen atoms in total. The molecule has 3 aromatic carbocycles. The number of carbonyl (C=O) groups is 1. The van der Waals surface area contributed by atoms with E-state index < -0.39 is 23.8 Å². The lowest BCUT2D eigenvalue weighted by atomic mass is 9.99. The van der Waals surface area contributed by atoms with Gasteiger partial charge in [-0.2, -0.15) is 0 Å². The van der Waals surface area contributed by atoms with Gasteiger partial charge in [0.05, 0.1) is 12.1 Å². The minimum absolute atomic E-state index is 0. The van der Waals surface area contributed by atoms with Crippen LogP contribution in [0.3, 0.4) is 0 Å². The van der Waals surface area contributed by atoms with Gasteiger partial charge in [0.1, 0.15) is 11.6 Å². The fourth-order valence-electron chi connectivity index (χ4n) is 4.85. The number of rotatable bonds is 13. The topological polar surface area (TPSA) is 66.3 Å². The van der Waals surface area contributed by atoms with Gasteiger partial charge in [-0.3, -0.25) is 4.79 Å². The highest BCUT2D eigenvalue weighted by Crippen LogP contribution is 2.19. The molecular formula is C32H38ClF2N3O2. The standard InChI is InChI=1S/C32H37F2N3O2.ClH/c1-3-5-12-37-13-11-25-18-26(9-10-30(25)37)32(39)36-29(17-24-15-27(33)19-28(34)16-24)31(38)21-35-20-23-8-6-7-22(4-2)14-23;/h6-11,13-16,18-19,29,31,35,38H,3-5,12,17,20-21H2,1-2H3,(H,36,39);1H/t29-,31+;/m0./s1. The molecule has 1 heterocycles. The lowest BCUT2D eigenvalue weighted by Gasteiger charge is -2.25. The van der Waals surface area contributed by atoms with Crippen LogP contribution in [0.15, 0.2) is 72.9 Å². The summed E-state index contributed by atoms with van der Waals surface area (Å²) in [6.45, 7) is 5.90. The van der Waals surface area contributed by atoms with E-state index in [0.717, 1.165) is 48.3 Å². The third-order valence-corrected chi connectivity index (χ3v) is 7.03. The first-order valence-electron chi connectivity index (χ1n) is 13.7. The number of hydrogen-bond donors (Lipinski definition) is 3. The van der Waals surface area contributed by atoms with E-state index in [1.807, 2.05) is 36.5 Å². The summed E-state index contributed by atoms with van der Waals surface area (Å²) in [4.78, 5) is 13.3. The summed E-state index contributed by atoms with van der Waals surface area (Å²) in [7, 11) is 0. The lowest BCUT2D eigenvalue weighted by molar-refractivity contribution is 0.0830. The Labute approximate surface area is 241 Å². The average Bonchev–Trinajstić information content (AvgIpc) is 3.33. The molecule has 8 heteroatoms. The van der Waals surface area contributed by atoms with Crippen LogP contribution in [0.4, 0.5) is 8.78 Å². The lowest BCUT2D eigenvalue weighted by Crippen LogP contribution is -2.48. The first-order chi connectivity index (χ1) is 18.9. The molecule has 3 N–H and O–H groups in total. The number of carbonyl (C=O) groups excluding carboxylic acids is 1. The summed E-state index contributed by atoms with van der Waals surface area (Å²) in [5, 5.41) is 18.2.